The summed E-state index contributed by atoms with van der Waals surface area (Å²) in [4.78, 5) is 42.0. The van der Waals surface area contributed by atoms with E-state index in [0.29, 0.717) is 17.8 Å². The Morgan fingerprint density at radius 1 is 1.19 bits per heavy atom. The summed E-state index contributed by atoms with van der Waals surface area (Å²) in [5.74, 6) is 0.179. The summed E-state index contributed by atoms with van der Waals surface area (Å²) in [5.41, 5.74) is 0.755. The van der Waals surface area contributed by atoms with Crippen molar-refractivity contribution in [2.45, 2.75) is 51.1 Å². The van der Waals surface area contributed by atoms with Crippen LogP contribution in [0.15, 0.2) is 58.5 Å². The summed E-state index contributed by atoms with van der Waals surface area (Å²) >= 11 is 5.98. The van der Waals surface area contributed by atoms with Gasteiger partial charge in [0.2, 0.25) is 0 Å². The minimum atomic E-state index is -0.443. The molecule has 2 amide bonds. The lowest BCUT2D eigenvalue weighted by molar-refractivity contribution is -0.110. The smallest absolute Gasteiger partial charge is 0.318 e. The van der Waals surface area contributed by atoms with Gasteiger partial charge in [-0.2, -0.15) is 0 Å². The number of nitrogens with one attached hydrogen (secondary N) is 2. The Bertz CT molecular complexity index is 1130. The van der Waals surface area contributed by atoms with Crippen molar-refractivity contribution >= 4 is 34.2 Å². The minimum absolute atomic E-state index is 0.108. The number of H-pyrrole nitrogens is 1. The Morgan fingerprint density at radius 2 is 1.91 bits per heavy atom. The van der Waals surface area contributed by atoms with E-state index in [0.717, 1.165) is 23.8 Å². The third-order valence-corrected chi connectivity index (χ3v) is 6.82. The number of rotatable bonds is 5. The van der Waals surface area contributed by atoms with Gasteiger partial charge in [-0.3, -0.25) is 9.59 Å². The largest absolute Gasteiger partial charge is 0.328 e. The Balaban J connectivity index is 1.64. The molecular formula is C25H28ClN3O3. The molecule has 1 aromatic carbocycles. The number of fused-ring (bicyclic) bond motifs is 1. The Hall–Kier alpha value is -2.86. The number of hydrogen-bond acceptors (Lipinski definition) is 3. The molecule has 6 nitrogen and oxygen atoms in total. The molecular weight excluding hydrogens is 426 g/mol. The number of benzene rings is 1. The molecule has 2 aromatic rings. The molecule has 4 rings (SSSR count). The second-order valence-corrected chi connectivity index (χ2v) is 9.07. The van der Waals surface area contributed by atoms with Crippen molar-refractivity contribution in [3.8, 4) is 0 Å². The fourth-order valence-electron chi connectivity index (χ4n) is 4.69. The number of aromatic amines is 1. The van der Waals surface area contributed by atoms with Gasteiger partial charge >= 0.3 is 6.03 Å². The van der Waals surface area contributed by atoms with E-state index in [4.69, 9.17) is 11.6 Å². The highest BCUT2D eigenvalue weighted by Crippen LogP contribution is 2.30. The first kappa shape index (κ1) is 22.3. The first-order valence-corrected chi connectivity index (χ1v) is 11.6. The van der Waals surface area contributed by atoms with Crippen LogP contribution in [0.2, 0.25) is 0 Å². The molecule has 2 unspecified atom stereocenters. The second-order valence-electron chi connectivity index (χ2n) is 8.66. The number of aromatic nitrogens is 1. The summed E-state index contributed by atoms with van der Waals surface area (Å²) in [5, 5.41) is 4.55. The van der Waals surface area contributed by atoms with Gasteiger partial charge in [0, 0.05) is 18.1 Å². The first-order chi connectivity index (χ1) is 15.4. The first-order valence-electron chi connectivity index (χ1n) is 11.2. The SMILES string of the molecule is CC(c1c[nH]c(=O)c2ccccc12)N(CC1CCCCC1)C(=O)NC1C=CC(=O)C(Cl)=C1. The number of pyridine rings is 1. The lowest BCUT2D eigenvalue weighted by Gasteiger charge is -2.35. The number of halogens is 1. The van der Waals surface area contributed by atoms with E-state index >= 15 is 0 Å². The molecule has 1 saturated carbocycles. The van der Waals surface area contributed by atoms with E-state index in [-0.39, 0.29) is 28.4 Å². The number of carbonyl (C=O) groups is 2. The lowest BCUT2D eigenvalue weighted by atomic mass is 9.88. The number of urea groups is 1. The third-order valence-electron chi connectivity index (χ3n) is 6.51. The van der Waals surface area contributed by atoms with Gasteiger partial charge in [0.05, 0.1) is 17.1 Å². The Labute approximate surface area is 192 Å². The van der Waals surface area contributed by atoms with Crippen LogP contribution in [0.5, 0.6) is 0 Å². The summed E-state index contributed by atoms with van der Waals surface area (Å²) in [7, 11) is 0. The molecule has 168 valence electrons. The maximum atomic E-state index is 13.4. The molecule has 7 heteroatoms. The molecule has 0 radical (unpaired) electrons. The van der Waals surface area contributed by atoms with Gasteiger partial charge < -0.3 is 15.2 Å². The highest BCUT2D eigenvalue weighted by molar-refractivity contribution is 6.44. The van der Waals surface area contributed by atoms with Crippen LogP contribution < -0.4 is 10.9 Å². The molecule has 1 aromatic heterocycles. The Kier molecular flexibility index (Phi) is 6.80. The van der Waals surface area contributed by atoms with Crippen LogP contribution in [-0.2, 0) is 4.79 Å². The lowest BCUT2D eigenvalue weighted by Crippen LogP contribution is -2.47. The van der Waals surface area contributed by atoms with Crippen LogP contribution in [0.1, 0.15) is 50.6 Å². The average Bonchev–Trinajstić information content (AvgIpc) is 2.80. The normalized spacial score (nSPS) is 20.1. The van der Waals surface area contributed by atoms with Crippen molar-refractivity contribution in [1.29, 1.82) is 0 Å². The molecule has 32 heavy (non-hydrogen) atoms. The molecule has 1 fully saturated rings. The molecule has 2 atom stereocenters. The predicted octanol–water partition coefficient (Wildman–Crippen LogP) is 4.81. The maximum Gasteiger partial charge on any atom is 0.318 e. The molecule has 0 spiro atoms. The number of ketones is 1. The third kappa shape index (κ3) is 4.80. The van der Waals surface area contributed by atoms with Crippen LogP contribution in [0.25, 0.3) is 10.8 Å². The van der Waals surface area contributed by atoms with Crippen molar-refractivity contribution in [2.24, 2.45) is 5.92 Å². The van der Waals surface area contributed by atoms with Crippen molar-refractivity contribution in [3.05, 3.63) is 69.6 Å². The van der Waals surface area contributed by atoms with Gasteiger partial charge in [-0.05, 0) is 54.9 Å². The molecule has 0 saturated heterocycles. The van der Waals surface area contributed by atoms with E-state index in [1.165, 1.54) is 25.3 Å². The fourth-order valence-corrected chi connectivity index (χ4v) is 4.89. The molecule has 0 aliphatic heterocycles. The zero-order valence-electron chi connectivity index (χ0n) is 18.1. The molecule has 1 heterocycles. The van der Waals surface area contributed by atoms with Crippen LogP contribution in [-0.4, -0.2) is 34.3 Å². The van der Waals surface area contributed by atoms with E-state index in [1.54, 1.807) is 24.4 Å². The molecule has 2 N–H and O–H groups in total. The average molecular weight is 454 g/mol. The van der Waals surface area contributed by atoms with Gasteiger partial charge in [-0.25, -0.2) is 4.79 Å². The van der Waals surface area contributed by atoms with E-state index < -0.39 is 6.04 Å². The predicted molar refractivity (Wildman–Crippen MR) is 127 cm³/mol. The van der Waals surface area contributed by atoms with Crippen LogP contribution in [0.4, 0.5) is 4.79 Å². The van der Waals surface area contributed by atoms with E-state index in [1.807, 2.05) is 30.0 Å². The van der Waals surface area contributed by atoms with Crippen molar-refractivity contribution < 1.29 is 9.59 Å². The van der Waals surface area contributed by atoms with Gasteiger partial charge in [-0.1, -0.05) is 55.1 Å². The second kappa shape index (κ2) is 9.74. The minimum Gasteiger partial charge on any atom is -0.328 e. The highest BCUT2D eigenvalue weighted by atomic mass is 35.5. The van der Waals surface area contributed by atoms with Crippen molar-refractivity contribution in [1.82, 2.24) is 15.2 Å². The maximum absolute atomic E-state index is 13.4. The van der Waals surface area contributed by atoms with Crippen LogP contribution in [0, 0.1) is 5.92 Å². The van der Waals surface area contributed by atoms with Crippen LogP contribution in [0.3, 0.4) is 0 Å². The number of carbonyl (C=O) groups excluding carboxylic acids is 2. The quantitative estimate of drug-likeness (QED) is 0.681. The van der Waals surface area contributed by atoms with Gasteiger partial charge in [0.1, 0.15) is 0 Å². The number of nitrogens with zero attached hydrogens (tertiary/aromatic N) is 1. The monoisotopic (exact) mass is 453 g/mol. The summed E-state index contributed by atoms with van der Waals surface area (Å²) < 4.78 is 0. The fraction of sp³-hybridized carbons (Fsp3) is 0.400. The standard InChI is InChI=1S/C25H28ClN3O3/c1-16(21-14-27-24(31)20-10-6-5-9-19(20)21)29(15-17-7-3-2-4-8-17)25(32)28-18-11-12-23(30)22(26)13-18/h5-6,9-14,16-18H,2-4,7-8,15H2,1H3,(H,27,31)(H,28,32). The zero-order valence-corrected chi connectivity index (χ0v) is 18.9. The number of allylic oxidation sites excluding steroid dienone is 2. The van der Waals surface area contributed by atoms with Crippen molar-refractivity contribution in [2.75, 3.05) is 6.54 Å². The Morgan fingerprint density at radius 3 is 2.62 bits per heavy atom. The summed E-state index contributed by atoms with van der Waals surface area (Å²) in [6, 6.07) is 6.54. The van der Waals surface area contributed by atoms with Gasteiger partial charge in [-0.15, -0.1) is 0 Å². The summed E-state index contributed by atoms with van der Waals surface area (Å²) in [6.45, 7) is 2.62. The van der Waals surface area contributed by atoms with Gasteiger partial charge in [0.15, 0.2) is 5.78 Å². The zero-order chi connectivity index (χ0) is 22.7. The van der Waals surface area contributed by atoms with E-state index in [9.17, 15) is 14.4 Å². The van der Waals surface area contributed by atoms with Crippen LogP contribution >= 0.6 is 11.6 Å². The number of hydrogen-bond donors (Lipinski definition) is 2. The topological polar surface area (TPSA) is 82.3 Å². The molecule has 2 aliphatic rings. The van der Waals surface area contributed by atoms with Crippen molar-refractivity contribution in [3.63, 3.8) is 0 Å². The summed E-state index contributed by atoms with van der Waals surface area (Å²) in [6.07, 6.45) is 12.1. The number of amides is 2. The highest BCUT2D eigenvalue weighted by Gasteiger charge is 2.28. The van der Waals surface area contributed by atoms with Gasteiger partial charge in [0.25, 0.3) is 5.56 Å². The van der Waals surface area contributed by atoms with E-state index in [2.05, 4.69) is 10.3 Å². The molecule has 0 bridgehead atoms. The molecule has 2 aliphatic carbocycles.